The van der Waals surface area contributed by atoms with Crippen LogP contribution in [-0.2, 0) is 0 Å². The highest BCUT2D eigenvalue weighted by Crippen LogP contribution is 2.40. The molecule has 1 aliphatic heterocycles. The van der Waals surface area contributed by atoms with Gasteiger partial charge in [-0.25, -0.2) is 4.98 Å². The highest BCUT2D eigenvalue weighted by Gasteiger charge is 2.26. The van der Waals surface area contributed by atoms with Crippen molar-refractivity contribution in [1.82, 2.24) is 14.5 Å². The lowest BCUT2D eigenvalue weighted by atomic mass is 10.1. The Bertz CT molecular complexity index is 1700. The van der Waals surface area contributed by atoms with E-state index in [1.54, 1.807) is 0 Å². The number of benzene rings is 3. The first-order chi connectivity index (χ1) is 17.3. The first-order valence-corrected chi connectivity index (χ1v) is 11.8. The van der Waals surface area contributed by atoms with Crippen LogP contribution in [0.1, 0.15) is 0 Å². The Hall–Kier alpha value is -4.64. The molecule has 6 aromatic rings. The van der Waals surface area contributed by atoms with Gasteiger partial charge >= 0.3 is 0 Å². The standard InChI is InChI=1S/C30H23N5/c1-33-20-34(30-28(33)13-7-17-32-30)22-14-15-25-24-10-2-3-12-27(24)35(29(25)19-22)23-9-6-8-21(18-23)26-11-4-5-16-31-26/h2-19H,20H2,1H3. The van der Waals surface area contributed by atoms with Gasteiger partial charge in [0, 0.05) is 47.2 Å². The molecule has 0 aliphatic carbocycles. The summed E-state index contributed by atoms with van der Waals surface area (Å²) in [5.74, 6) is 0.995. The van der Waals surface area contributed by atoms with Gasteiger partial charge in [-0.2, -0.15) is 0 Å². The second kappa shape index (κ2) is 7.71. The van der Waals surface area contributed by atoms with E-state index in [1.165, 1.54) is 21.8 Å². The molecule has 5 nitrogen and oxygen atoms in total. The lowest BCUT2D eigenvalue weighted by Gasteiger charge is -2.19. The third-order valence-corrected chi connectivity index (χ3v) is 6.82. The highest BCUT2D eigenvalue weighted by molar-refractivity contribution is 6.10. The summed E-state index contributed by atoms with van der Waals surface area (Å²) in [7, 11) is 2.11. The van der Waals surface area contributed by atoms with Crippen molar-refractivity contribution >= 4 is 39.0 Å². The molecule has 4 heterocycles. The van der Waals surface area contributed by atoms with Gasteiger partial charge in [-0.05, 0) is 54.6 Å². The Balaban J connectivity index is 1.45. The van der Waals surface area contributed by atoms with Crippen LogP contribution in [0.3, 0.4) is 0 Å². The first kappa shape index (κ1) is 19.8. The van der Waals surface area contributed by atoms with Crippen LogP contribution in [0.2, 0.25) is 0 Å². The van der Waals surface area contributed by atoms with E-state index in [0.29, 0.717) is 0 Å². The topological polar surface area (TPSA) is 37.2 Å². The fraction of sp³-hybridized carbons (Fsp3) is 0.0667. The Kier molecular flexibility index (Phi) is 4.36. The van der Waals surface area contributed by atoms with Crippen LogP contribution in [0, 0.1) is 0 Å². The molecule has 168 valence electrons. The molecule has 5 heteroatoms. The molecule has 0 spiro atoms. The monoisotopic (exact) mass is 453 g/mol. The number of para-hydroxylation sites is 1. The quantitative estimate of drug-likeness (QED) is 0.296. The molecule has 0 amide bonds. The predicted molar refractivity (Wildman–Crippen MR) is 144 cm³/mol. The van der Waals surface area contributed by atoms with Crippen LogP contribution in [0.15, 0.2) is 109 Å². The minimum absolute atomic E-state index is 0.771. The molecule has 3 aromatic heterocycles. The zero-order valence-corrected chi connectivity index (χ0v) is 19.3. The molecule has 0 bridgehead atoms. The fourth-order valence-electron chi connectivity index (χ4n) is 5.20. The molecule has 0 radical (unpaired) electrons. The molecule has 0 unspecified atom stereocenters. The smallest absolute Gasteiger partial charge is 0.158 e. The normalized spacial score (nSPS) is 13.1. The van der Waals surface area contributed by atoms with Crippen molar-refractivity contribution in [3.8, 4) is 16.9 Å². The largest absolute Gasteiger partial charge is 0.354 e. The van der Waals surface area contributed by atoms with E-state index in [-0.39, 0.29) is 0 Å². The van der Waals surface area contributed by atoms with Crippen LogP contribution < -0.4 is 9.80 Å². The predicted octanol–water partition coefficient (Wildman–Crippen LogP) is 6.79. The average Bonchev–Trinajstić information content (AvgIpc) is 3.44. The summed E-state index contributed by atoms with van der Waals surface area (Å²) >= 11 is 0. The van der Waals surface area contributed by atoms with Crippen LogP contribution >= 0.6 is 0 Å². The molecular formula is C30H23N5. The minimum Gasteiger partial charge on any atom is -0.354 e. The van der Waals surface area contributed by atoms with Crippen molar-refractivity contribution in [2.45, 2.75) is 0 Å². The zero-order valence-electron chi connectivity index (χ0n) is 19.3. The molecule has 1 aliphatic rings. The molecule has 0 saturated heterocycles. The van der Waals surface area contributed by atoms with Gasteiger partial charge in [0.15, 0.2) is 5.82 Å². The number of fused-ring (bicyclic) bond motifs is 4. The molecule has 0 atom stereocenters. The van der Waals surface area contributed by atoms with E-state index in [1.807, 2.05) is 30.6 Å². The Morgan fingerprint density at radius 1 is 0.657 bits per heavy atom. The van der Waals surface area contributed by atoms with E-state index in [0.717, 1.165) is 40.8 Å². The lowest BCUT2D eigenvalue weighted by molar-refractivity contribution is 0.944. The first-order valence-electron chi connectivity index (χ1n) is 11.8. The third-order valence-electron chi connectivity index (χ3n) is 6.82. The third kappa shape index (κ3) is 3.09. The molecule has 0 saturated carbocycles. The van der Waals surface area contributed by atoms with Gasteiger partial charge in [0.1, 0.15) is 0 Å². The Labute approximate surface area is 203 Å². The second-order valence-electron chi connectivity index (χ2n) is 8.93. The second-order valence-corrected chi connectivity index (χ2v) is 8.93. The molecule has 7 rings (SSSR count). The average molecular weight is 454 g/mol. The van der Waals surface area contributed by atoms with Gasteiger partial charge in [-0.3, -0.25) is 4.98 Å². The van der Waals surface area contributed by atoms with E-state index in [2.05, 4.69) is 110 Å². The number of rotatable bonds is 3. The van der Waals surface area contributed by atoms with Gasteiger partial charge in [0.2, 0.25) is 0 Å². The van der Waals surface area contributed by atoms with Crippen LogP contribution in [0.4, 0.5) is 17.2 Å². The van der Waals surface area contributed by atoms with Gasteiger partial charge < -0.3 is 14.4 Å². The maximum atomic E-state index is 4.69. The molecule has 35 heavy (non-hydrogen) atoms. The van der Waals surface area contributed by atoms with Gasteiger partial charge in [0.25, 0.3) is 0 Å². The fourth-order valence-corrected chi connectivity index (χ4v) is 5.20. The van der Waals surface area contributed by atoms with Crippen LogP contribution in [-0.4, -0.2) is 28.3 Å². The minimum atomic E-state index is 0.771. The molecule has 0 fully saturated rings. The highest BCUT2D eigenvalue weighted by atomic mass is 15.4. The number of hydrogen-bond acceptors (Lipinski definition) is 4. The summed E-state index contributed by atoms with van der Waals surface area (Å²) in [6.45, 7) is 0.771. The van der Waals surface area contributed by atoms with Crippen molar-refractivity contribution in [2.24, 2.45) is 0 Å². The number of pyridine rings is 2. The zero-order chi connectivity index (χ0) is 23.4. The summed E-state index contributed by atoms with van der Waals surface area (Å²) in [6, 6.07) is 34.1. The van der Waals surface area contributed by atoms with Gasteiger partial charge in [-0.1, -0.05) is 42.5 Å². The molecule has 3 aromatic carbocycles. The maximum absolute atomic E-state index is 4.69. The Morgan fingerprint density at radius 2 is 1.51 bits per heavy atom. The lowest BCUT2D eigenvalue weighted by Crippen LogP contribution is -2.24. The maximum Gasteiger partial charge on any atom is 0.158 e. The van der Waals surface area contributed by atoms with E-state index in [4.69, 9.17) is 0 Å². The number of nitrogens with zero attached hydrogens (tertiary/aromatic N) is 5. The number of aromatic nitrogens is 3. The van der Waals surface area contributed by atoms with Crippen molar-refractivity contribution in [2.75, 3.05) is 23.5 Å². The SMILES string of the molecule is CN1CN(c2ccc3c4ccccc4n(-c4cccc(-c5ccccn5)c4)c3c2)c2ncccc21. The van der Waals surface area contributed by atoms with Crippen molar-refractivity contribution in [3.63, 3.8) is 0 Å². The van der Waals surface area contributed by atoms with E-state index >= 15 is 0 Å². The van der Waals surface area contributed by atoms with E-state index < -0.39 is 0 Å². The van der Waals surface area contributed by atoms with Crippen LogP contribution in [0.25, 0.3) is 38.8 Å². The summed E-state index contributed by atoms with van der Waals surface area (Å²) in [6.07, 6.45) is 3.71. The van der Waals surface area contributed by atoms with Crippen molar-refractivity contribution in [3.05, 3.63) is 109 Å². The summed E-state index contributed by atoms with van der Waals surface area (Å²) in [5, 5.41) is 2.48. The van der Waals surface area contributed by atoms with Gasteiger partial charge in [-0.15, -0.1) is 0 Å². The van der Waals surface area contributed by atoms with Crippen molar-refractivity contribution in [1.29, 1.82) is 0 Å². The van der Waals surface area contributed by atoms with E-state index in [9.17, 15) is 0 Å². The number of hydrogen-bond donors (Lipinski definition) is 0. The van der Waals surface area contributed by atoms with Crippen molar-refractivity contribution < 1.29 is 0 Å². The number of anilines is 3. The summed E-state index contributed by atoms with van der Waals surface area (Å²) in [4.78, 5) is 13.8. The molecular weight excluding hydrogens is 430 g/mol. The van der Waals surface area contributed by atoms with Crippen LogP contribution in [0.5, 0.6) is 0 Å². The molecule has 0 N–H and O–H groups in total. The van der Waals surface area contributed by atoms with Gasteiger partial charge in [0.05, 0.1) is 29.1 Å². The summed E-state index contributed by atoms with van der Waals surface area (Å²) in [5.41, 5.74) is 7.84. The summed E-state index contributed by atoms with van der Waals surface area (Å²) < 4.78 is 2.36. The Morgan fingerprint density at radius 3 is 2.43 bits per heavy atom.